The lowest BCUT2D eigenvalue weighted by Gasteiger charge is -2.25. The summed E-state index contributed by atoms with van der Waals surface area (Å²) in [7, 11) is 1.63. The molecule has 30 heavy (non-hydrogen) atoms. The fourth-order valence-electron chi connectivity index (χ4n) is 3.62. The van der Waals surface area contributed by atoms with Crippen LogP contribution in [0, 0.1) is 0 Å². The van der Waals surface area contributed by atoms with E-state index in [0.717, 1.165) is 24.1 Å². The molecule has 3 N–H and O–H groups in total. The quantitative estimate of drug-likeness (QED) is 0.558. The Morgan fingerprint density at radius 1 is 1.33 bits per heavy atom. The molecule has 162 valence electrons. The predicted molar refractivity (Wildman–Crippen MR) is 112 cm³/mol. The van der Waals surface area contributed by atoms with Crippen molar-refractivity contribution in [3.05, 3.63) is 23.8 Å². The van der Waals surface area contributed by atoms with Gasteiger partial charge in [-0.15, -0.1) is 0 Å². The molecule has 0 saturated carbocycles. The van der Waals surface area contributed by atoms with E-state index in [4.69, 9.17) is 10.5 Å². The molecule has 0 spiro atoms. The largest absolute Gasteiger partial charge is 0.494 e. The molecule has 0 radical (unpaired) electrons. The first-order valence-corrected chi connectivity index (χ1v) is 10.3. The topological polar surface area (TPSA) is 117 Å². The maximum atomic E-state index is 12.4. The van der Waals surface area contributed by atoms with E-state index in [1.807, 2.05) is 30.0 Å². The molecule has 1 unspecified atom stereocenters. The number of aliphatic imine (C=N–C) groups is 1. The Hall–Kier alpha value is -3.10. The first-order chi connectivity index (χ1) is 14.4. The highest BCUT2D eigenvalue weighted by molar-refractivity contribution is 6.05. The Balaban J connectivity index is 1.47. The fraction of sp³-hybridized carbons (Fsp3) is 0.524. The van der Waals surface area contributed by atoms with Crippen LogP contribution in [0.4, 0.5) is 5.69 Å². The van der Waals surface area contributed by atoms with E-state index in [-0.39, 0.29) is 18.2 Å². The highest BCUT2D eigenvalue weighted by Gasteiger charge is 2.29. The third kappa shape index (κ3) is 5.08. The molecule has 0 aliphatic carbocycles. The first-order valence-electron chi connectivity index (χ1n) is 10.3. The van der Waals surface area contributed by atoms with Gasteiger partial charge in [0, 0.05) is 25.6 Å². The number of rotatable bonds is 10. The van der Waals surface area contributed by atoms with Gasteiger partial charge in [-0.05, 0) is 31.0 Å². The summed E-state index contributed by atoms with van der Waals surface area (Å²) in [5.74, 6) is 0.657. The second-order valence-electron chi connectivity index (χ2n) is 7.65. The highest BCUT2D eigenvalue weighted by atomic mass is 16.5. The molecular weight excluding hydrogens is 386 g/mol. The lowest BCUT2D eigenvalue weighted by molar-refractivity contribution is -0.138. The zero-order chi connectivity index (χ0) is 21.7. The van der Waals surface area contributed by atoms with Gasteiger partial charge in [-0.2, -0.15) is 0 Å². The van der Waals surface area contributed by atoms with Crippen molar-refractivity contribution in [2.75, 3.05) is 20.2 Å². The second kappa shape index (κ2) is 9.60. The predicted octanol–water partition coefficient (Wildman–Crippen LogP) is 1.28. The zero-order valence-corrected chi connectivity index (χ0v) is 17.5. The molecule has 1 aromatic rings. The number of carbonyl (C=O) groups excluding carboxylic acids is 3. The number of nitrogens with zero attached hydrogens (tertiary/aromatic N) is 3. The van der Waals surface area contributed by atoms with Crippen molar-refractivity contribution in [3.63, 3.8) is 0 Å². The molecular formula is C21H29N5O4. The van der Waals surface area contributed by atoms with Gasteiger partial charge in [0.25, 0.3) is 0 Å². The molecule has 2 heterocycles. The third-order valence-electron chi connectivity index (χ3n) is 5.35. The van der Waals surface area contributed by atoms with Gasteiger partial charge in [0.15, 0.2) is 0 Å². The standard InChI is InChI=1S/C21H29N5O4/c1-3-4-6-17(20(22)29)25(2)19(28)7-5-10-30-15-8-9-16-14(11-15)12-26-13-18(27)24-21(26)23-16/h8-9,11,17H,3-7,10,12-13H2,1-2H3,(H2,22,29)(H,23,24,27). The van der Waals surface area contributed by atoms with E-state index in [1.54, 1.807) is 7.05 Å². The second-order valence-corrected chi connectivity index (χ2v) is 7.65. The van der Waals surface area contributed by atoms with Crippen LogP contribution in [0.2, 0.25) is 0 Å². The number of ether oxygens (including phenoxy) is 1. The van der Waals surface area contributed by atoms with E-state index in [1.165, 1.54) is 4.90 Å². The van der Waals surface area contributed by atoms with E-state index in [9.17, 15) is 14.4 Å². The number of benzene rings is 1. The zero-order valence-electron chi connectivity index (χ0n) is 17.5. The number of hydrogen-bond donors (Lipinski definition) is 2. The molecule has 3 rings (SSSR count). The first kappa shape index (κ1) is 21.6. The molecule has 1 fully saturated rings. The van der Waals surface area contributed by atoms with Crippen molar-refractivity contribution < 1.29 is 19.1 Å². The average molecular weight is 415 g/mol. The Labute approximate surface area is 176 Å². The van der Waals surface area contributed by atoms with Crippen LogP contribution in [0.3, 0.4) is 0 Å². The van der Waals surface area contributed by atoms with Crippen molar-refractivity contribution in [2.45, 2.75) is 51.6 Å². The van der Waals surface area contributed by atoms with Gasteiger partial charge in [-0.25, -0.2) is 4.99 Å². The molecule has 2 aliphatic rings. The van der Waals surface area contributed by atoms with Gasteiger partial charge in [0.05, 0.1) is 12.3 Å². The number of guanidine groups is 1. The monoisotopic (exact) mass is 415 g/mol. The van der Waals surface area contributed by atoms with Crippen LogP contribution in [0.5, 0.6) is 5.75 Å². The van der Waals surface area contributed by atoms with Gasteiger partial charge >= 0.3 is 0 Å². The SMILES string of the molecule is CCCCC(C(N)=O)N(C)C(=O)CCCOc1ccc2c(c1)CN1CC(=O)NC1=N2. The summed E-state index contributed by atoms with van der Waals surface area (Å²) in [4.78, 5) is 43.4. The number of nitrogens with one attached hydrogen (secondary N) is 1. The summed E-state index contributed by atoms with van der Waals surface area (Å²) >= 11 is 0. The number of nitrogens with two attached hydrogens (primary N) is 1. The van der Waals surface area contributed by atoms with Crippen LogP contribution >= 0.6 is 0 Å². The number of hydrogen-bond acceptors (Lipinski definition) is 6. The molecule has 9 nitrogen and oxygen atoms in total. The molecule has 3 amide bonds. The maximum absolute atomic E-state index is 12.4. The molecule has 1 saturated heterocycles. The lowest BCUT2D eigenvalue weighted by Crippen LogP contribution is -2.45. The van der Waals surface area contributed by atoms with Crippen LogP contribution in [0.1, 0.15) is 44.6 Å². The van der Waals surface area contributed by atoms with Gasteiger partial charge in [0.1, 0.15) is 18.3 Å². The normalized spacial score (nSPS) is 15.6. The van der Waals surface area contributed by atoms with Crippen LogP contribution in [-0.2, 0) is 20.9 Å². The molecule has 1 aromatic carbocycles. The minimum absolute atomic E-state index is 0.0547. The minimum Gasteiger partial charge on any atom is -0.494 e. The van der Waals surface area contributed by atoms with E-state index in [0.29, 0.717) is 44.2 Å². The van der Waals surface area contributed by atoms with Gasteiger partial charge < -0.3 is 20.3 Å². The van der Waals surface area contributed by atoms with Crippen LogP contribution in [0.15, 0.2) is 23.2 Å². The maximum Gasteiger partial charge on any atom is 0.246 e. The number of fused-ring (bicyclic) bond motifs is 2. The van der Waals surface area contributed by atoms with Gasteiger partial charge in [-0.3, -0.25) is 19.7 Å². The number of unbranched alkanes of at least 4 members (excludes halogenated alkanes) is 1. The Morgan fingerprint density at radius 2 is 2.13 bits per heavy atom. The summed E-state index contributed by atoms with van der Waals surface area (Å²) in [6, 6.07) is 5.05. The molecule has 0 aromatic heterocycles. The van der Waals surface area contributed by atoms with Crippen molar-refractivity contribution >= 4 is 29.4 Å². The van der Waals surface area contributed by atoms with Gasteiger partial charge in [-0.1, -0.05) is 19.8 Å². The Kier molecular flexibility index (Phi) is 6.91. The molecule has 2 aliphatic heterocycles. The minimum atomic E-state index is -0.559. The smallest absolute Gasteiger partial charge is 0.246 e. The van der Waals surface area contributed by atoms with Crippen molar-refractivity contribution in [2.24, 2.45) is 10.7 Å². The Morgan fingerprint density at radius 3 is 2.87 bits per heavy atom. The number of amides is 3. The van der Waals surface area contributed by atoms with E-state index >= 15 is 0 Å². The highest BCUT2D eigenvalue weighted by Crippen LogP contribution is 2.30. The van der Waals surface area contributed by atoms with Crippen molar-refractivity contribution in [3.8, 4) is 5.75 Å². The molecule has 1 atom stereocenters. The number of carbonyl (C=O) groups is 3. The summed E-state index contributed by atoms with van der Waals surface area (Å²) in [6.45, 7) is 3.32. The third-order valence-corrected chi connectivity index (χ3v) is 5.35. The van der Waals surface area contributed by atoms with Crippen molar-refractivity contribution in [1.82, 2.24) is 15.1 Å². The van der Waals surface area contributed by atoms with Crippen LogP contribution in [0.25, 0.3) is 0 Å². The van der Waals surface area contributed by atoms with Crippen molar-refractivity contribution in [1.29, 1.82) is 0 Å². The average Bonchev–Trinajstić information content (AvgIpc) is 3.07. The Bertz CT molecular complexity index is 854. The molecule has 0 bridgehead atoms. The summed E-state index contributed by atoms with van der Waals surface area (Å²) in [5, 5.41) is 2.74. The fourth-order valence-corrected chi connectivity index (χ4v) is 3.62. The molecule has 9 heteroatoms. The number of primary amides is 1. The van der Waals surface area contributed by atoms with Crippen LogP contribution < -0.4 is 15.8 Å². The van der Waals surface area contributed by atoms with Crippen LogP contribution in [-0.4, -0.2) is 59.7 Å². The summed E-state index contributed by atoms with van der Waals surface area (Å²) in [6.07, 6.45) is 3.19. The van der Waals surface area contributed by atoms with Gasteiger partial charge in [0.2, 0.25) is 23.7 Å². The number of likely N-dealkylation sites (N-methyl/N-ethyl adjacent to an activating group) is 1. The van der Waals surface area contributed by atoms with E-state index < -0.39 is 11.9 Å². The van der Waals surface area contributed by atoms with E-state index in [2.05, 4.69) is 10.3 Å². The lowest BCUT2D eigenvalue weighted by atomic mass is 10.1. The summed E-state index contributed by atoms with van der Waals surface area (Å²) < 4.78 is 5.80. The summed E-state index contributed by atoms with van der Waals surface area (Å²) in [5.41, 5.74) is 7.26.